The van der Waals surface area contributed by atoms with Crippen LogP contribution in [0.5, 0.6) is 0 Å². The number of nitrogens with two attached hydrogens (primary N) is 1. The molecule has 3 rings (SSSR count). The van der Waals surface area contributed by atoms with Crippen LogP contribution < -0.4 is 5.73 Å². The third kappa shape index (κ3) is 2.14. The fourth-order valence-electron chi connectivity index (χ4n) is 3.94. The van der Waals surface area contributed by atoms with E-state index in [0.29, 0.717) is 24.4 Å². The van der Waals surface area contributed by atoms with Gasteiger partial charge in [0.2, 0.25) is 5.91 Å². The molecule has 0 radical (unpaired) electrons. The topological polar surface area (TPSA) is 46.3 Å². The predicted molar refractivity (Wildman–Crippen MR) is 80.5 cm³/mol. The van der Waals surface area contributed by atoms with E-state index in [0.717, 1.165) is 19.4 Å². The zero-order valence-electron chi connectivity index (χ0n) is 12.2. The molecule has 3 atom stereocenters. The summed E-state index contributed by atoms with van der Waals surface area (Å²) in [7, 11) is 0. The van der Waals surface area contributed by atoms with Crippen LogP contribution in [0.2, 0.25) is 0 Å². The second-order valence-electron chi connectivity index (χ2n) is 6.07. The summed E-state index contributed by atoms with van der Waals surface area (Å²) >= 11 is 0. The molecule has 1 saturated carbocycles. The Morgan fingerprint density at radius 1 is 1.35 bits per heavy atom. The lowest BCUT2D eigenvalue weighted by Gasteiger charge is -2.38. The summed E-state index contributed by atoms with van der Waals surface area (Å²) in [4.78, 5) is 15.0. The van der Waals surface area contributed by atoms with Gasteiger partial charge in [-0.2, -0.15) is 0 Å². The van der Waals surface area contributed by atoms with Crippen LogP contribution in [0.4, 0.5) is 0 Å². The van der Waals surface area contributed by atoms with Crippen LogP contribution in [0.25, 0.3) is 0 Å². The van der Waals surface area contributed by atoms with Crippen LogP contribution >= 0.6 is 0 Å². The average Bonchev–Trinajstić information content (AvgIpc) is 2.89. The molecular formula is C17H24N2O. The normalized spacial score (nSPS) is 27.8. The number of hydrogen-bond donors (Lipinski definition) is 1. The maximum atomic E-state index is 12.9. The first kappa shape index (κ1) is 13.6. The van der Waals surface area contributed by atoms with Crippen molar-refractivity contribution >= 4 is 5.91 Å². The van der Waals surface area contributed by atoms with Crippen molar-refractivity contribution in [3.63, 3.8) is 0 Å². The monoisotopic (exact) mass is 272 g/mol. The van der Waals surface area contributed by atoms with Gasteiger partial charge in [0, 0.05) is 12.6 Å². The molecule has 3 unspecified atom stereocenters. The van der Waals surface area contributed by atoms with E-state index in [1.807, 2.05) is 6.07 Å². The SMILES string of the molecule is CCN(C(=O)C1Cc2ccccc21)C1CCCC1CN. The van der Waals surface area contributed by atoms with Gasteiger partial charge in [0.25, 0.3) is 0 Å². The zero-order valence-corrected chi connectivity index (χ0v) is 12.2. The lowest BCUT2D eigenvalue weighted by Crippen LogP contribution is -2.47. The van der Waals surface area contributed by atoms with E-state index in [1.54, 1.807) is 0 Å². The number of benzene rings is 1. The Balaban J connectivity index is 1.76. The Labute approximate surface area is 121 Å². The molecule has 0 aromatic heterocycles. The minimum absolute atomic E-state index is 0.0881. The first-order valence-electron chi connectivity index (χ1n) is 7.84. The minimum atomic E-state index is 0.0881. The highest BCUT2D eigenvalue weighted by molar-refractivity contribution is 5.87. The number of carbonyl (C=O) groups is 1. The molecule has 2 N–H and O–H groups in total. The lowest BCUT2D eigenvalue weighted by molar-refractivity contribution is -0.136. The molecule has 3 nitrogen and oxygen atoms in total. The van der Waals surface area contributed by atoms with Gasteiger partial charge in [-0.25, -0.2) is 0 Å². The molecule has 2 aliphatic rings. The molecule has 108 valence electrons. The molecule has 0 spiro atoms. The quantitative estimate of drug-likeness (QED) is 0.914. The molecule has 20 heavy (non-hydrogen) atoms. The van der Waals surface area contributed by atoms with Gasteiger partial charge in [0.15, 0.2) is 0 Å². The van der Waals surface area contributed by atoms with Gasteiger partial charge in [-0.15, -0.1) is 0 Å². The van der Waals surface area contributed by atoms with Gasteiger partial charge in [0.05, 0.1) is 5.92 Å². The van der Waals surface area contributed by atoms with E-state index >= 15 is 0 Å². The van der Waals surface area contributed by atoms with E-state index in [-0.39, 0.29) is 5.92 Å². The molecule has 0 heterocycles. The smallest absolute Gasteiger partial charge is 0.230 e. The van der Waals surface area contributed by atoms with Gasteiger partial charge in [-0.3, -0.25) is 4.79 Å². The molecule has 1 amide bonds. The van der Waals surface area contributed by atoms with Crippen LogP contribution in [-0.2, 0) is 11.2 Å². The lowest BCUT2D eigenvalue weighted by atomic mass is 9.76. The number of amides is 1. The number of likely N-dealkylation sites (N-methyl/N-ethyl adjacent to an activating group) is 1. The van der Waals surface area contributed by atoms with E-state index < -0.39 is 0 Å². The van der Waals surface area contributed by atoms with Crippen molar-refractivity contribution in [2.45, 2.75) is 44.6 Å². The third-order valence-corrected chi connectivity index (χ3v) is 5.10. The second kappa shape index (κ2) is 5.57. The second-order valence-corrected chi connectivity index (χ2v) is 6.07. The van der Waals surface area contributed by atoms with Crippen LogP contribution in [0.1, 0.15) is 43.2 Å². The van der Waals surface area contributed by atoms with Crippen molar-refractivity contribution in [1.82, 2.24) is 4.90 Å². The zero-order chi connectivity index (χ0) is 14.1. The van der Waals surface area contributed by atoms with Crippen molar-refractivity contribution in [3.05, 3.63) is 35.4 Å². The summed E-state index contributed by atoms with van der Waals surface area (Å²) in [5.41, 5.74) is 8.45. The van der Waals surface area contributed by atoms with E-state index in [2.05, 4.69) is 30.0 Å². The van der Waals surface area contributed by atoms with Crippen molar-refractivity contribution < 1.29 is 4.79 Å². The minimum Gasteiger partial charge on any atom is -0.339 e. The number of hydrogen-bond acceptors (Lipinski definition) is 2. The van der Waals surface area contributed by atoms with Gasteiger partial charge in [0.1, 0.15) is 0 Å². The van der Waals surface area contributed by atoms with Crippen molar-refractivity contribution in [2.75, 3.05) is 13.1 Å². The van der Waals surface area contributed by atoms with Crippen molar-refractivity contribution in [3.8, 4) is 0 Å². The fourth-order valence-corrected chi connectivity index (χ4v) is 3.94. The summed E-state index contributed by atoms with van der Waals surface area (Å²) in [6.07, 6.45) is 4.41. The Bertz CT molecular complexity index is 500. The maximum absolute atomic E-state index is 12.9. The van der Waals surface area contributed by atoms with Crippen molar-refractivity contribution in [2.24, 2.45) is 11.7 Å². The van der Waals surface area contributed by atoms with Crippen LogP contribution in [0.3, 0.4) is 0 Å². The molecule has 1 aromatic carbocycles. The molecular weight excluding hydrogens is 248 g/mol. The summed E-state index contributed by atoms with van der Waals surface area (Å²) in [6, 6.07) is 8.69. The first-order valence-corrected chi connectivity index (χ1v) is 7.84. The number of nitrogens with zero attached hydrogens (tertiary/aromatic N) is 1. The molecule has 0 aliphatic heterocycles. The van der Waals surface area contributed by atoms with E-state index in [1.165, 1.54) is 24.0 Å². The highest BCUT2D eigenvalue weighted by Crippen LogP contribution is 2.38. The number of rotatable bonds is 4. The molecule has 1 fully saturated rings. The highest BCUT2D eigenvalue weighted by atomic mass is 16.2. The number of carbonyl (C=O) groups excluding carboxylic acids is 1. The largest absolute Gasteiger partial charge is 0.339 e. The summed E-state index contributed by atoms with van der Waals surface area (Å²) in [6.45, 7) is 3.60. The van der Waals surface area contributed by atoms with Gasteiger partial charge in [-0.05, 0) is 49.8 Å². The predicted octanol–water partition coefficient (Wildman–Crippen LogP) is 2.30. The Morgan fingerprint density at radius 3 is 2.85 bits per heavy atom. The maximum Gasteiger partial charge on any atom is 0.230 e. The van der Waals surface area contributed by atoms with Gasteiger partial charge in [-0.1, -0.05) is 30.7 Å². The van der Waals surface area contributed by atoms with E-state index in [9.17, 15) is 4.79 Å². The average molecular weight is 272 g/mol. The van der Waals surface area contributed by atoms with E-state index in [4.69, 9.17) is 5.73 Å². The van der Waals surface area contributed by atoms with Crippen molar-refractivity contribution in [1.29, 1.82) is 0 Å². The highest BCUT2D eigenvalue weighted by Gasteiger charge is 2.39. The summed E-state index contributed by atoms with van der Waals surface area (Å²) in [5, 5.41) is 0. The van der Waals surface area contributed by atoms with Crippen LogP contribution in [-0.4, -0.2) is 29.9 Å². The van der Waals surface area contributed by atoms with Crippen LogP contribution in [0, 0.1) is 5.92 Å². The third-order valence-electron chi connectivity index (χ3n) is 5.10. The Kier molecular flexibility index (Phi) is 3.79. The molecule has 2 aliphatic carbocycles. The summed E-state index contributed by atoms with van der Waals surface area (Å²) < 4.78 is 0. The fraction of sp³-hybridized carbons (Fsp3) is 0.588. The number of fused-ring (bicyclic) bond motifs is 1. The van der Waals surface area contributed by atoms with Crippen LogP contribution in [0.15, 0.2) is 24.3 Å². The Morgan fingerprint density at radius 2 is 2.15 bits per heavy atom. The van der Waals surface area contributed by atoms with Gasteiger partial charge < -0.3 is 10.6 Å². The Hall–Kier alpha value is -1.35. The molecule has 3 heteroatoms. The molecule has 0 bridgehead atoms. The first-order chi connectivity index (χ1) is 9.76. The molecule has 0 saturated heterocycles. The summed E-state index contributed by atoms with van der Waals surface area (Å²) in [5.74, 6) is 0.899. The molecule has 1 aromatic rings. The van der Waals surface area contributed by atoms with Gasteiger partial charge >= 0.3 is 0 Å². The standard InChI is InChI=1S/C17H24N2O/c1-2-19(16-9-5-7-13(16)11-18)17(20)15-10-12-6-3-4-8-14(12)15/h3-4,6,8,13,15-16H,2,5,7,9-11,18H2,1H3.